The summed E-state index contributed by atoms with van der Waals surface area (Å²) in [6, 6.07) is 0.169. The molecule has 0 bridgehead atoms. The normalized spacial score (nSPS) is 21.5. The molecule has 14 heavy (non-hydrogen) atoms. The SMILES string of the molecule is NCC1CSCN1C(=O)c1cn[nH]c1. The molecule has 0 radical (unpaired) electrons. The van der Waals surface area contributed by atoms with Crippen molar-refractivity contribution in [2.45, 2.75) is 6.04 Å². The van der Waals surface area contributed by atoms with Gasteiger partial charge in [0, 0.05) is 18.5 Å². The second-order valence-corrected chi connectivity index (χ2v) is 4.15. The minimum absolute atomic E-state index is 0.0131. The molecule has 5 nitrogen and oxygen atoms in total. The fourth-order valence-electron chi connectivity index (χ4n) is 1.44. The molecule has 1 atom stereocenters. The fraction of sp³-hybridized carbons (Fsp3) is 0.500. The van der Waals surface area contributed by atoms with Crippen molar-refractivity contribution < 1.29 is 4.79 Å². The summed E-state index contributed by atoms with van der Waals surface area (Å²) in [4.78, 5) is 13.7. The van der Waals surface area contributed by atoms with Gasteiger partial charge in [0.1, 0.15) is 0 Å². The van der Waals surface area contributed by atoms with Crippen LogP contribution in [0.15, 0.2) is 12.4 Å². The molecule has 0 aliphatic carbocycles. The van der Waals surface area contributed by atoms with Gasteiger partial charge in [0.25, 0.3) is 5.91 Å². The number of carbonyl (C=O) groups excluding carboxylic acids is 1. The van der Waals surface area contributed by atoms with Gasteiger partial charge in [-0.3, -0.25) is 9.89 Å². The number of hydrogen-bond donors (Lipinski definition) is 2. The van der Waals surface area contributed by atoms with E-state index in [0.29, 0.717) is 12.1 Å². The molecule has 76 valence electrons. The Morgan fingerprint density at radius 3 is 3.36 bits per heavy atom. The first kappa shape index (κ1) is 9.54. The van der Waals surface area contributed by atoms with Crippen LogP contribution < -0.4 is 5.73 Å². The minimum Gasteiger partial charge on any atom is -0.328 e. The second kappa shape index (κ2) is 4.02. The molecule has 1 aliphatic rings. The average Bonchev–Trinajstić information content (AvgIpc) is 2.87. The smallest absolute Gasteiger partial charge is 0.258 e. The van der Waals surface area contributed by atoms with Crippen molar-refractivity contribution in [2.75, 3.05) is 18.2 Å². The van der Waals surface area contributed by atoms with Gasteiger partial charge < -0.3 is 10.6 Å². The Balaban J connectivity index is 2.11. The number of nitrogens with two attached hydrogens (primary N) is 1. The Labute approximate surface area is 86.0 Å². The maximum atomic E-state index is 11.9. The summed E-state index contributed by atoms with van der Waals surface area (Å²) in [5.41, 5.74) is 6.19. The maximum Gasteiger partial charge on any atom is 0.258 e. The summed E-state index contributed by atoms with van der Waals surface area (Å²) in [5.74, 6) is 1.67. The summed E-state index contributed by atoms with van der Waals surface area (Å²) < 4.78 is 0. The van der Waals surface area contributed by atoms with Crippen molar-refractivity contribution in [2.24, 2.45) is 5.73 Å². The van der Waals surface area contributed by atoms with Crippen molar-refractivity contribution >= 4 is 17.7 Å². The summed E-state index contributed by atoms with van der Waals surface area (Å²) in [6.45, 7) is 0.524. The van der Waals surface area contributed by atoms with Crippen LogP contribution in [-0.2, 0) is 0 Å². The van der Waals surface area contributed by atoms with Crippen molar-refractivity contribution in [3.05, 3.63) is 18.0 Å². The van der Waals surface area contributed by atoms with Gasteiger partial charge in [-0.1, -0.05) is 0 Å². The Kier molecular flexibility index (Phi) is 2.74. The lowest BCUT2D eigenvalue weighted by Gasteiger charge is -2.21. The summed E-state index contributed by atoms with van der Waals surface area (Å²) in [7, 11) is 0. The number of aromatic amines is 1. The molecule has 0 spiro atoms. The van der Waals surface area contributed by atoms with Crippen molar-refractivity contribution in [3.8, 4) is 0 Å². The van der Waals surface area contributed by atoms with Crippen LogP contribution in [0, 0.1) is 0 Å². The van der Waals surface area contributed by atoms with Gasteiger partial charge in [0.2, 0.25) is 0 Å². The molecule has 1 aromatic heterocycles. The highest BCUT2D eigenvalue weighted by Crippen LogP contribution is 2.21. The number of amides is 1. The number of H-pyrrole nitrogens is 1. The highest BCUT2D eigenvalue weighted by Gasteiger charge is 2.28. The molecule has 1 saturated heterocycles. The molecular weight excluding hydrogens is 200 g/mol. The molecule has 2 rings (SSSR count). The molecule has 1 amide bonds. The van der Waals surface area contributed by atoms with Crippen molar-refractivity contribution in [1.29, 1.82) is 0 Å². The van der Waals surface area contributed by atoms with Crippen molar-refractivity contribution in [1.82, 2.24) is 15.1 Å². The van der Waals surface area contributed by atoms with Gasteiger partial charge in [0.15, 0.2) is 0 Å². The number of carbonyl (C=O) groups is 1. The van der Waals surface area contributed by atoms with E-state index in [4.69, 9.17) is 5.73 Å². The molecule has 1 aromatic rings. The van der Waals surface area contributed by atoms with E-state index >= 15 is 0 Å². The van der Waals surface area contributed by atoms with Crippen LogP contribution in [0.5, 0.6) is 0 Å². The monoisotopic (exact) mass is 212 g/mol. The van der Waals surface area contributed by atoms with E-state index < -0.39 is 0 Å². The molecule has 3 N–H and O–H groups in total. The number of nitrogens with zero attached hydrogens (tertiary/aromatic N) is 2. The lowest BCUT2D eigenvalue weighted by atomic mass is 10.2. The summed E-state index contributed by atoms with van der Waals surface area (Å²) in [5, 5.41) is 6.39. The Hall–Kier alpha value is -1.01. The van der Waals surface area contributed by atoms with E-state index in [-0.39, 0.29) is 11.9 Å². The van der Waals surface area contributed by atoms with Gasteiger partial charge in [-0.15, -0.1) is 11.8 Å². The standard InChI is InChI=1S/C8H12N4OS/c9-1-7-4-14-5-12(7)8(13)6-2-10-11-3-6/h2-3,7H,1,4-5,9H2,(H,10,11). The first-order chi connectivity index (χ1) is 6.83. The van der Waals surface area contributed by atoms with E-state index in [1.807, 2.05) is 0 Å². The lowest BCUT2D eigenvalue weighted by Crippen LogP contribution is -2.41. The zero-order valence-electron chi connectivity index (χ0n) is 7.64. The van der Waals surface area contributed by atoms with E-state index in [0.717, 1.165) is 11.6 Å². The van der Waals surface area contributed by atoms with E-state index in [9.17, 15) is 4.79 Å². The summed E-state index contributed by atoms with van der Waals surface area (Å²) in [6.07, 6.45) is 3.15. The largest absolute Gasteiger partial charge is 0.328 e. The molecule has 1 aliphatic heterocycles. The molecule has 1 fully saturated rings. The number of hydrogen-bond acceptors (Lipinski definition) is 4. The molecule has 0 aromatic carbocycles. The zero-order valence-corrected chi connectivity index (χ0v) is 8.46. The molecular formula is C8H12N4OS. The molecule has 0 saturated carbocycles. The Bertz CT molecular complexity index is 313. The first-order valence-corrected chi connectivity index (χ1v) is 5.56. The highest BCUT2D eigenvalue weighted by molar-refractivity contribution is 7.99. The van der Waals surface area contributed by atoms with E-state index in [1.165, 1.54) is 0 Å². The zero-order chi connectivity index (χ0) is 9.97. The van der Waals surface area contributed by atoms with E-state index in [2.05, 4.69) is 10.2 Å². The van der Waals surface area contributed by atoms with Crippen LogP contribution in [0.2, 0.25) is 0 Å². The van der Waals surface area contributed by atoms with Crippen LogP contribution in [-0.4, -0.2) is 45.2 Å². The third kappa shape index (κ3) is 1.62. The third-order valence-electron chi connectivity index (χ3n) is 2.26. The lowest BCUT2D eigenvalue weighted by molar-refractivity contribution is 0.0752. The van der Waals surface area contributed by atoms with Crippen LogP contribution in [0.4, 0.5) is 0 Å². The van der Waals surface area contributed by atoms with E-state index in [1.54, 1.807) is 29.1 Å². The number of aromatic nitrogens is 2. The van der Waals surface area contributed by atoms with Gasteiger partial charge in [-0.25, -0.2) is 0 Å². The quantitative estimate of drug-likeness (QED) is 0.717. The fourth-order valence-corrected chi connectivity index (χ4v) is 2.65. The van der Waals surface area contributed by atoms with Gasteiger partial charge in [0.05, 0.1) is 23.7 Å². The second-order valence-electron chi connectivity index (χ2n) is 3.15. The topological polar surface area (TPSA) is 75.0 Å². The molecule has 6 heteroatoms. The predicted octanol–water partition coefficient (Wildman–Crippen LogP) is -0.117. The number of nitrogens with one attached hydrogen (secondary N) is 1. The molecule has 1 unspecified atom stereocenters. The van der Waals surface area contributed by atoms with Crippen LogP contribution in [0.3, 0.4) is 0 Å². The Morgan fingerprint density at radius 2 is 2.71 bits per heavy atom. The third-order valence-corrected chi connectivity index (χ3v) is 3.34. The predicted molar refractivity (Wildman–Crippen MR) is 54.9 cm³/mol. The average molecular weight is 212 g/mol. The van der Waals surface area contributed by atoms with Crippen LogP contribution in [0.1, 0.15) is 10.4 Å². The highest BCUT2D eigenvalue weighted by atomic mass is 32.2. The molecule has 2 heterocycles. The van der Waals surface area contributed by atoms with Crippen molar-refractivity contribution in [3.63, 3.8) is 0 Å². The van der Waals surface area contributed by atoms with Crippen LogP contribution >= 0.6 is 11.8 Å². The van der Waals surface area contributed by atoms with Gasteiger partial charge in [-0.2, -0.15) is 5.10 Å². The summed E-state index contributed by atoms with van der Waals surface area (Å²) >= 11 is 1.73. The van der Waals surface area contributed by atoms with Crippen LogP contribution in [0.25, 0.3) is 0 Å². The maximum absolute atomic E-state index is 11.9. The number of rotatable bonds is 2. The minimum atomic E-state index is 0.0131. The first-order valence-electron chi connectivity index (χ1n) is 4.40. The Morgan fingerprint density at radius 1 is 1.86 bits per heavy atom. The number of thioether (sulfide) groups is 1. The van der Waals surface area contributed by atoms with Gasteiger partial charge in [-0.05, 0) is 0 Å². The van der Waals surface area contributed by atoms with Gasteiger partial charge >= 0.3 is 0 Å².